The summed E-state index contributed by atoms with van der Waals surface area (Å²) in [6.45, 7) is 2.12. The number of pyridine rings is 1. The van der Waals surface area contributed by atoms with Crippen LogP contribution in [0.3, 0.4) is 0 Å². The maximum absolute atomic E-state index is 13.0. The van der Waals surface area contributed by atoms with E-state index in [1.54, 1.807) is 17.9 Å². The van der Waals surface area contributed by atoms with Crippen molar-refractivity contribution in [2.45, 2.75) is 19.5 Å². The molecule has 0 bridgehead atoms. The summed E-state index contributed by atoms with van der Waals surface area (Å²) in [5.74, 6) is -2.64. The zero-order chi connectivity index (χ0) is 21.3. The lowest BCUT2D eigenvalue weighted by Crippen LogP contribution is -2.18. The minimum absolute atomic E-state index is 0.0186. The second kappa shape index (κ2) is 7.73. The Morgan fingerprint density at radius 1 is 1.24 bits per heavy atom. The predicted octanol–water partition coefficient (Wildman–Crippen LogP) is 4.17. The summed E-state index contributed by atoms with van der Waals surface area (Å²) in [7, 11) is 1.35. The Kier molecular flexibility index (Phi) is 5.50. The molecule has 6 nitrogen and oxygen atoms in total. The molecule has 1 fully saturated rings. The van der Waals surface area contributed by atoms with Crippen LogP contribution in [0.1, 0.15) is 29.4 Å². The first-order valence-electron chi connectivity index (χ1n) is 8.93. The van der Waals surface area contributed by atoms with Crippen LogP contribution >= 0.6 is 0 Å². The van der Waals surface area contributed by atoms with E-state index in [0.29, 0.717) is 17.9 Å². The molecular formula is C20H19F3N2O4. The molecule has 1 aromatic heterocycles. The van der Waals surface area contributed by atoms with Crippen molar-refractivity contribution in [2.24, 2.45) is 11.8 Å². The van der Waals surface area contributed by atoms with E-state index in [9.17, 15) is 22.8 Å². The van der Waals surface area contributed by atoms with Crippen molar-refractivity contribution in [3.05, 3.63) is 47.8 Å². The summed E-state index contributed by atoms with van der Waals surface area (Å²) in [4.78, 5) is 29.3. The van der Waals surface area contributed by atoms with E-state index in [-0.39, 0.29) is 17.9 Å². The number of carbonyl (C=O) groups is 2. The number of aromatic nitrogens is 1. The maximum Gasteiger partial charge on any atom is 0.416 e. The number of carbonyl (C=O) groups excluding carboxylic acids is 1. The summed E-state index contributed by atoms with van der Waals surface area (Å²) >= 11 is 0. The lowest BCUT2D eigenvalue weighted by molar-refractivity contribution is -0.139. The van der Waals surface area contributed by atoms with Crippen LogP contribution in [0.5, 0.6) is 5.75 Å². The lowest BCUT2D eigenvalue weighted by Gasteiger charge is -2.24. The van der Waals surface area contributed by atoms with Crippen molar-refractivity contribution >= 4 is 23.1 Å². The number of rotatable bonds is 7. The summed E-state index contributed by atoms with van der Waals surface area (Å²) in [5.41, 5.74) is 0.0166. The van der Waals surface area contributed by atoms with Gasteiger partial charge < -0.3 is 14.7 Å². The molecule has 1 heterocycles. The zero-order valence-electron chi connectivity index (χ0n) is 15.7. The molecule has 0 unspecified atom stereocenters. The van der Waals surface area contributed by atoms with Crippen molar-refractivity contribution in [3.8, 4) is 5.75 Å². The standard InChI is InChI=1S/C20H19F3N2O4/c1-3-25(12-6-4-5-11(7-12)20(21,22)23)13-8-16(29-2)17(24-10-13)18(26)14-9-15(14)19(27)28/h4-8,10,14-15H,3,9H2,1-2H3,(H,27,28)/t14-,15-/m0/s1. The highest BCUT2D eigenvalue weighted by molar-refractivity contribution is 6.03. The van der Waals surface area contributed by atoms with Gasteiger partial charge in [0.15, 0.2) is 5.78 Å². The molecule has 3 rings (SSSR count). The Labute approximate surface area is 164 Å². The van der Waals surface area contributed by atoms with Crippen LogP contribution in [0.4, 0.5) is 24.5 Å². The van der Waals surface area contributed by atoms with Gasteiger partial charge in [-0.05, 0) is 31.5 Å². The molecular weight excluding hydrogens is 389 g/mol. The number of nitrogens with zero attached hydrogens (tertiary/aromatic N) is 2. The van der Waals surface area contributed by atoms with Gasteiger partial charge in [0.25, 0.3) is 0 Å². The average Bonchev–Trinajstić information content (AvgIpc) is 3.49. The number of hydrogen-bond donors (Lipinski definition) is 1. The Balaban J connectivity index is 1.92. The third-order valence-corrected chi connectivity index (χ3v) is 4.85. The Morgan fingerprint density at radius 2 is 1.97 bits per heavy atom. The lowest BCUT2D eigenvalue weighted by atomic mass is 10.1. The largest absolute Gasteiger partial charge is 0.494 e. The number of anilines is 2. The number of carboxylic acid groups (broad SMARTS) is 1. The van der Waals surface area contributed by atoms with E-state index >= 15 is 0 Å². The van der Waals surface area contributed by atoms with Crippen LogP contribution < -0.4 is 9.64 Å². The van der Waals surface area contributed by atoms with Gasteiger partial charge in [0.05, 0.1) is 30.5 Å². The van der Waals surface area contributed by atoms with Crippen LogP contribution in [0, 0.1) is 11.8 Å². The second-order valence-electron chi connectivity index (χ2n) is 6.69. The highest BCUT2D eigenvalue weighted by Gasteiger charge is 2.49. The number of benzene rings is 1. The molecule has 1 saturated carbocycles. The molecule has 0 radical (unpaired) electrons. The van der Waals surface area contributed by atoms with E-state index < -0.39 is 35.3 Å². The van der Waals surface area contributed by atoms with Crippen LogP contribution in [0.2, 0.25) is 0 Å². The quantitative estimate of drug-likeness (QED) is 0.693. The summed E-state index contributed by atoms with van der Waals surface area (Å²) in [5, 5.41) is 9.01. The highest BCUT2D eigenvalue weighted by atomic mass is 19.4. The van der Waals surface area contributed by atoms with Gasteiger partial charge in [0, 0.05) is 24.2 Å². The van der Waals surface area contributed by atoms with Crippen LogP contribution in [-0.4, -0.2) is 35.5 Å². The second-order valence-corrected chi connectivity index (χ2v) is 6.69. The third-order valence-electron chi connectivity index (χ3n) is 4.85. The van der Waals surface area contributed by atoms with Gasteiger partial charge in [-0.1, -0.05) is 6.07 Å². The van der Waals surface area contributed by atoms with Crippen LogP contribution in [0.25, 0.3) is 0 Å². The zero-order valence-corrected chi connectivity index (χ0v) is 15.7. The molecule has 2 atom stereocenters. The van der Waals surface area contributed by atoms with Gasteiger partial charge in [-0.15, -0.1) is 0 Å². The molecule has 9 heteroatoms. The minimum Gasteiger partial charge on any atom is -0.494 e. The molecule has 0 amide bonds. The van der Waals surface area contributed by atoms with E-state index in [1.165, 1.54) is 25.4 Å². The van der Waals surface area contributed by atoms with Gasteiger partial charge >= 0.3 is 12.1 Å². The number of Topliss-reactive ketones (excluding diaryl/α,β-unsaturated/α-hetero) is 1. The number of hydrogen-bond acceptors (Lipinski definition) is 5. The van der Waals surface area contributed by atoms with Gasteiger partial charge in [-0.2, -0.15) is 13.2 Å². The first-order chi connectivity index (χ1) is 13.7. The first-order valence-corrected chi connectivity index (χ1v) is 8.93. The Bertz CT molecular complexity index is 946. The van der Waals surface area contributed by atoms with E-state index in [2.05, 4.69) is 4.98 Å². The average molecular weight is 408 g/mol. The number of ether oxygens (including phenoxy) is 1. The fraction of sp³-hybridized carbons (Fsp3) is 0.350. The van der Waals surface area contributed by atoms with Crippen LogP contribution in [0.15, 0.2) is 36.5 Å². The molecule has 1 aliphatic rings. The fourth-order valence-corrected chi connectivity index (χ4v) is 3.22. The van der Waals surface area contributed by atoms with Crippen molar-refractivity contribution in [1.82, 2.24) is 4.98 Å². The topological polar surface area (TPSA) is 79.7 Å². The number of halogens is 3. The van der Waals surface area contributed by atoms with Crippen molar-refractivity contribution in [3.63, 3.8) is 0 Å². The van der Waals surface area contributed by atoms with Crippen molar-refractivity contribution < 1.29 is 32.6 Å². The molecule has 1 N–H and O–H groups in total. The molecule has 29 heavy (non-hydrogen) atoms. The van der Waals surface area contributed by atoms with E-state index in [1.807, 2.05) is 0 Å². The summed E-state index contributed by atoms with van der Waals surface area (Å²) in [6, 6.07) is 6.42. The van der Waals surface area contributed by atoms with Gasteiger partial charge in [-0.3, -0.25) is 9.59 Å². The molecule has 154 valence electrons. The minimum atomic E-state index is -4.47. The SMILES string of the molecule is CCN(c1cccc(C(F)(F)F)c1)c1cnc(C(=O)[C@H]2C[C@@H]2C(=O)O)c(OC)c1. The van der Waals surface area contributed by atoms with Crippen LogP contribution in [-0.2, 0) is 11.0 Å². The fourth-order valence-electron chi connectivity index (χ4n) is 3.22. The van der Waals surface area contributed by atoms with Crippen molar-refractivity contribution in [2.75, 3.05) is 18.6 Å². The Hall–Kier alpha value is -3.10. The predicted molar refractivity (Wildman–Crippen MR) is 98.5 cm³/mol. The van der Waals surface area contributed by atoms with E-state index in [4.69, 9.17) is 9.84 Å². The molecule has 0 saturated heterocycles. The number of alkyl halides is 3. The molecule has 0 aliphatic heterocycles. The van der Waals surface area contributed by atoms with Gasteiger partial charge in [0.2, 0.25) is 0 Å². The molecule has 1 aromatic carbocycles. The maximum atomic E-state index is 13.0. The number of carboxylic acids is 1. The monoisotopic (exact) mass is 408 g/mol. The molecule has 1 aliphatic carbocycles. The summed E-state index contributed by atoms with van der Waals surface area (Å²) < 4.78 is 44.4. The van der Waals surface area contributed by atoms with E-state index in [0.717, 1.165) is 12.1 Å². The first kappa shape index (κ1) is 20.6. The van der Waals surface area contributed by atoms with Crippen molar-refractivity contribution in [1.29, 1.82) is 0 Å². The van der Waals surface area contributed by atoms with Gasteiger partial charge in [0.1, 0.15) is 11.4 Å². The molecule has 0 spiro atoms. The molecule has 2 aromatic rings. The number of methoxy groups -OCH3 is 1. The number of aliphatic carboxylic acids is 1. The normalized spacial score (nSPS) is 18.2. The van der Waals surface area contributed by atoms with Gasteiger partial charge in [-0.25, -0.2) is 4.98 Å². The smallest absolute Gasteiger partial charge is 0.416 e. The summed E-state index contributed by atoms with van der Waals surface area (Å²) in [6.07, 6.45) is -2.84. The third kappa shape index (κ3) is 4.18. The Morgan fingerprint density at radius 3 is 2.52 bits per heavy atom. The highest BCUT2D eigenvalue weighted by Crippen LogP contribution is 2.42. The number of ketones is 1.